The summed E-state index contributed by atoms with van der Waals surface area (Å²) in [6, 6.07) is 6.01. The SMILES string of the molecule is CCc1c(C(=O)O)nnn1-c1nc(-c2ccc(F)cc2)cs1. The lowest BCUT2D eigenvalue weighted by molar-refractivity contribution is 0.0689. The molecule has 0 amide bonds. The molecule has 1 N–H and O–H groups in total. The van der Waals surface area contributed by atoms with Crippen LogP contribution in [0.2, 0.25) is 0 Å². The Morgan fingerprint density at radius 1 is 1.36 bits per heavy atom. The predicted molar refractivity (Wildman–Crippen MR) is 78.8 cm³/mol. The van der Waals surface area contributed by atoms with Gasteiger partial charge in [-0.05, 0) is 30.7 Å². The number of aromatic nitrogens is 4. The molecule has 0 atom stereocenters. The van der Waals surface area contributed by atoms with Crippen LogP contribution in [0.4, 0.5) is 4.39 Å². The van der Waals surface area contributed by atoms with Crippen molar-refractivity contribution in [1.29, 1.82) is 0 Å². The van der Waals surface area contributed by atoms with Gasteiger partial charge in [-0.25, -0.2) is 14.2 Å². The third-order valence-electron chi connectivity index (χ3n) is 3.11. The fraction of sp³-hybridized carbons (Fsp3) is 0.143. The second-order valence-electron chi connectivity index (χ2n) is 4.48. The normalized spacial score (nSPS) is 10.8. The number of rotatable bonds is 4. The van der Waals surface area contributed by atoms with Gasteiger partial charge in [0.25, 0.3) is 0 Å². The van der Waals surface area contributed by atoms with Crippen LogP contribution in [0, 0.1) is 5.82 Å². The van der Waals surface area contributed by atoms with Crippen molar-refractivity contribution in [3.63, 3.8) is 0 Å². The van der Waals surface area contributed by atoms with E-state index >= 15 is 0 Å². The van der Waals surface area contributed by atoms with Gasteiger partial charge in [0.2, 0.25) is 5.13 Å². The smallest absolute Gasteiger partial charge is 0.358 e. The van der Waals surface area contributed by atoms with E-state index in [1.54, 1.807) is 12.1 Å². The van der Waals surface area contributed by atoms with Crippen molar-refractivity contribution in [3.8, 4) is 16.4 Å². The molecular formula is C14H11FN4O2S. The number of carboxylic acids is 1. The maximum atomic E-state index is 13.0. The van der Waals surface area contributed by atoms with Crippen molar-refractivity contribution >= 4 is 17.3 Å². The number of nitrogens with zero attached hydrogens (tertiary/aromatic N) is 4. The summed E-state index contributed by atoms with van der Waals surface area (Å²) in [6.45, 7) is 1.83. The zero-order valence-electron chi connectivity index (χ0n) is 11.5. The van der Waals surface area contributed by atoms with Crippen molar-refractivity contribution in [2.24, 2.45) is 0 Å². The highest BCUT2D eigenvalue weighted by Crippen LogP contribution is 2.25. The molecule has 8 heteroatoms. The van der Waals surface area contributed by atoms with Crippen LogP contribution in [0.3, 0.4) is 0 Å². The molecule has 0 bridgehead atoms. The topological polar surface area (TPSA) is 80.9 Å². The van der Waals surface area contributed by atoms with E-state index in [1.807, 2.05) is 12.3 Å². The van der Waals surface area contributed by atoms with Gasteiger partial charge in [-0.2, -0.15) is 4.68 Å². The minimum Gasteiger partial charge on any atom is -0.476 e. The molecule has 0 saturated carbocycles. The molecule has 0 spiro atoms. The zero-order chi connectivity index (χ0) is 15.7. The quantitative estimate of drug-likeness (QED) is 0.800. The molecule has 0 saturated heterocycles. The molecule has 0 aliphatic rings. The van der Waals surface area contributed by atoms with Crippen molar-refractivity contribution in [2.75, 3.05) is 0 Å². The van der Waals surface area contributed by atoms with Gasteiger partial charge in [0.05, 0.1) is 11.4 Å². The minimum atomic E-state index is -1.11. The molecule has 22 heavy (non-hydrogen) atoms. The number of hydrogen-bond donors (Lipinski definition) is 1. The molecule has 0 fully saturated rings. The van der Waals surface area contributed by atoms with Crippen molar-refractivity contribution in [3.05, 3.63) is 46.9 Å². The van der Waals surface area contributed by atoms with Gasteiger partial charge in [-0.15, -0.1) is 16.4 Å². The standard InChI is InChI=1S/C14H11FN4O2S/c1-2-11-12(13(20)21)17-18-19(11)14-16-10(7-22-14)8-3-5-9(15)6-4-8/h3-7H,2H2,1H3,(H,20,21). The Kier molecular flexibility index (Phi) is 3.68. The van der Waals surface area contributed by atoms with Gasteiger partial charge in [-0.1, -0.05) is 12.1 Å². The van der Waals surface area contributed by atoms with Crippen LogP contribution < -0.4 is 0 Å². The molecule has 2 heterocycles. The molecular weight excluding hydrogens is 307 g/mol. The van der Waals surface area contributed by atoms with E-state index in [4.69, 9.17) is 5.11 Å². The first-order chi connectivity index (χ1) is 10.6. The number of thiazole rings is 1. The van der Waals surface area contributed by atoms with Crippen molar-refractivity contribution in [2.45, 2.75) is 13.3 Å². The summed E-state index contributed by atoms with van der Waals surface area (Å²) in [4.78, 5) is 15.5. The Morgan fingerprint density at radius 2 is 2.09 bits per heavy atom. The minimum absolute atomic E-state index is 0.0685. The van der Waals surface area contributed by atoms with Crippen LogP contribution in [-0.2, 0) is 6.42 Å². The molecule has 3 aromatic rings. The lowest BCUT2D eigenvalue weighted by Gasteiger charge is -2.00. The van der Waals surface area contributed by atoms with Crippen LogP contribution in [0.15, 0.2) is 29.6 Å². The number of aromatic carboxylic acids is 1. The van der Waals surface area contributed by atoms with E-state index in [2.05, 4.69) is 15.3 Å². The molecule has 112 valence electrons. The molecule has 0 radical (unpaired) electrons. The van der Waals surface area contributed by atoms with Gasteiger partial charge in [0, 0.05) is 10.9 Å². The fourth-order valence-corrected chi connectivity index (χ4v) is 2.86. The van der Waals surface area contributed by atoms with Crippen LogP contribution in [0.25, 0.3) is 16.4 Å². The highest BCUT2D eigenvalue weighted by atomic mass is 32.1. The van der Waals surface area contributed by atoms with E-state index in [-0.39, 0.29) is 11.5 Å². The molecule has 0 unspecified atom stereocenters. The van der Waals surface area contributed by atoms with E-state index < -0.39 is 5.97 Å². The summed E-state index contributed by atoms with van der Waals surface area (Å²) in [6.07, 6.45) is 0.472. The lowest BCUT2D eigenvalue weighted by Crippen LogP contribution is -2.05. The summed E-state index contributed by atoms with van der Waals surface area (Å²) in [5.74, 6) is -1.42. The Balaban J connectivity index is 2.01. The summed E-state index contributed by atoms with van der Waals surface area (Å²) in [5, 5.41) is 19.0. The average molecular weight is 318 g/mol. The molecule has 3 rings (SSSR count). The van der Waals surface area contributed by atoms with Gasteiger partial charge < -0.3 is 5.11 Å². The first kappa shape index (κ1) is 14.3. The Labute approximate surface area is 128 Å². The third kappa shape index (κ3) is 2.48. The van der Waals surface area contributed by atoms with E-state index in [1.165, 1.54) is 28.2 Å². The molecule has 2 aromatic heterocycles. The van der Waals surface area contributed by atoms with Crippen molar-refractivity contribution in [1.82, 2.24) is 20.0 Å². The van der Waals surface area contributed by atoms with Gasteiger partial charge in [0.1, 0.15) is 5.82 Å². The fourth-order valence-electron chi connectivity index (χ4n) is 2.05. The number of hydrogen-bond acceptors (Lipinski definition) is 5. The zero-order valence-corrected chi connectivity index (χ0v) is 12.3. The van der Waals surface area contributed by atoms with Gasteiger partial charge in [-0.3, -0.25) is 0 Å². The number of carboxylic acid groups (broad SMARTS) is 1. The first-order valence-electron chi connectivity index (χ1n) is 6.50. The van der Waals surface area contributed by atoms with Crippen LogP contribution in [0.1, 0.15) is 23.1 Å². The van der Waals surface area contributed by atoms with E-state index in [9.17, 15) is 9.18 Å². The highest BCUT2D eigenvalue weighted by Gasteiger charge is 2.20. The molecule has 0 aliphatic carbocycles. The van der Waals surface area contributed by atoms with Crippen LogP contribution >= 0.6 is 11.3 Å². The Bertz CT molecular complexity index is 826. The average Bonchev–Trinajstić information content (AvgIpc) is 3.14. The number of carbonyl (C=O) groups is 1. The third-order valence-corrected chi connectivity index (χ3v) is 3.93. The summed E-state index contributed by atoms with van der Waals surface area (Å²) in [7, 11) is 0. The monoisotopic (exact) mass is 318 g/mol. The lowest BCUT2D eigenvalue weighted by atomic mass is 10.2. The molecule has 6 nitrogen and oxygen atoms in total. The Hall–Kier alpha value is -2.61. The van der Waals surface area contributed by atoms with E-state index in [0.717, 1.165) is 5.56 Å². The second-order valence-corrected chi connectivity index (χ2v) is 5.31. The van der Waals surface area contributed by atoms with E-state index in [0.29, 0.717) is 22.9 Å². The summed E-state index contributed by atoms with van der Waals surface area (Å²) in [5.41, 5.74) is 1.88. The van der Waals surface area contributed by atoms with Crippen molar-refractivity contribution < 1.29 is 14.3 Å². The number of halogens is 1. The largest absolute Gasteiger partial charge is 0.476 e. The molecule has 1 aromatic carbocycles. The molecule has 0 aliphatic heterocycles. The summed E-state index contributed by atoms with van der Waals surface area (Å²) < 4.78 is 14.4. The second kappa shape index (κ2) is 5.64. The maximum Gasteiger partial charge on any atom is 0.358 e. The summed E-state index contributed by atoms with van der Waals surface area (Å²) >= 11 is 1.32. The number of benzene rings is 1. The van der Waals surface area contributed by atoms with Crippen LogP contribution in [-0.4, -0.2) is 31.1 Å². The van der Waals surface area contributed by atoms with Gasteiger partial charge in [0.15, 0.2) is 5.69 Å². The Morgan fingerprint density at radius 3 is 2.73 bits per heavy atom. The highest BCUT2D eigenvalue weighted by molar-refractivity contribution is 7.12. The first-order valence-corrected chi connectivity index (χ1v) is 7.37. The maximum absolute atomic E-state index is 13.0. The van der Waals surface area contributed by atoms with Gasteiger partial charge >= 0.3 is 5.97 Å². The van der Waals surface area contributed by atoms with Crippen LogP contribution in [0.5, 0.6) is 0 Å². The predicted octanol–water partition coefficient (Wildman–Crippen LogP) is 2.79.